The highest BCUT2D eigenvalue weighted by molar-refractivity contribution is 5.78. The van der Waals surface area contributed by atoms with E-state index in [2.05, 4.69) is 18.8 Å². The predicted molar refractivity (Wildman–Crippen MR) is 50.1 cm³/mol. The van der Waals surface area contributed by atoms with E-state index in [0.717, 1.165) is 5.92 Å². The molecule has 0 unspecified atom stereocenters. The third kappa shape index (κ3) is 1.92. The summed E-state index contributed by atoms with van der Waals surface area (Å²) in [5.74, 6) is 0.869. The third-order valence-electron chi connectivity index (χ3n) is 2.66. The van der Waals surface area contributed by atoms with Gasteiger partial charge in [-0.3, -0.25) is 4.99 Å². The molecule has 1 nitrogen and oxygen atoms in total. The van der Waals surface area contributed by atoms with Gasteiger partial charge in [0.2, 0.25) is 0 Å². The fourth-order valence-corrected chi connectivity index (χ4v) is 1.46. The van der Waals surface area contributed by atoms with Crippen molar-refractivity contribution >= 4 is 6.21 Å². The Morgan fingerprint density at radius 2 is 2.00 bits per heavy atom. The number of allylic oxidation sites excluding steroid dienone is 2. The lowest BCUT2D eigenvalue weighted by Gasteiger charge is -2.27. The molecular weight excluding hydrogens is 134 g/mol. The van der Waals surface area contributed by atoms with Crippen molar-refractivity contribution in [2.45, 2.75) is 33.1 Å². The monoisotopic (exact) mass is 151 g/mol. The van der Waals surface area contributed by atoms with Gasteiger partial charge in [-0.2, -0.15) is 0 Å². The molecule has 0 aromatic rings. The van der Waals surface area contributed by atoms with Gasteiger partial charge < -0.3 is 0 Å². The normalized spacial score (nSPS) is 21.7. The zero-order chi connectivity index (χ0) is 8.27. The molecule has 0 aromatic carbocycles. The van der Waals surface area contributed by atoms with E-state index in [1.807, 2.05) is 13.3 Å². The Balaban J connectivity index is 2.60. The molecule has 1 saturated carbocycles. The summed E-state index contributed by atoms with van der Waals surface area (Å²) in [5, 5.41) is 0. The van der Waals surface area contributed by atoms with Crippen LogP contribution in [0.4, 0.5) is 0 Å². The number of hydrogen-bond acceptors (Lipinski definition) is 1. The SMILES string of the molecule is C/N=C\C(C)=C(/C)C1CCC1. The lowest BCUT2D eigenvalue weighted by molar-refractivity contribution is 0.366. The van der Waals surface area contributed by atoms with Crippen LogP contribution in [0, 0.1) is 5.92 Å². The molecular formula is C10H17N. The maximum Gasteiger partial charge on any atom is 0.0277 e. The van der Waals surface area contributed by atoms with Gasteiger partial charge in [-0.05, 0) is 38.2 Å². The van der Waals surface area contributed by atoms with Gasteiger partial charge in [0.05, 0.1) is 0 Å². The van der Waals surface area contributed by atoms with Crippen LogP contribution in [0.3, 0.4) is 0 Å². The lowest BCUT2D eigenvalue weighted by atomic mass is 9.79. The summed E-state index contributed by atoms with van der Waals surface area (Å²) >= 11 is 0. The summed E-state index contributed by atoms with van der Waals surface area (Å²) < 4.78 is 0. The highest BCUT2D eigenvalue weighted by Gasteiger charge is 2.19. The molecule has 62 valence electrons. The van der Waals surface area contributed by atoms with Crippen molar-refractivity contribution in [1.82, 2.24) is 0 Å². The summed E-state index contributed by atoms with van der Waals surface area (Å²) in [6.45, 7) is 4.39. The van der Waals surface area contributed by atoms with Crippen LogP contribution in [-0.4, -0.2) is 13.3 Å². The molecule has 1 rings (SSSR count). The second-order valence-electron chi connectivity index (χ2n) is 3.38. The van der Waals surface area contributed by atoms with Crippen LogP contribution in [0.1, 0.15) is 33.1 Å². The smallest absolute Gasteiger partial charge is 0.0277 e. The van der Waals surface area contributed by atoms with Crippen LogP contribution in [0.25, 0.3) is 0 Å². The third-order valence-corrected chi connectivity index (χ3v) is 2.66. The van der Waals surface area contributed by atoms with Crippen LogP contribution in [0.2, 0.25) is 0 Å². The highest BCUT2D eigenvalue weighted by atomic mass is 14.6. The van der Waals surface area contributed by atoms with Gasteiger partial charge in [-0.25, -0.2) is 0 Å². The number of hydrogen-bond donors (Lipinski definition) is 0. The molecule has 0 aromatic heterocycles. The predicted octanol–water partition coefficient (Wildman–Crippen LogP) is 2.82. The summed E-state index contributed by atoms with van der Waals surface area (Å²) in [5.41, 5.74) is 2.90. The molecule has 0 saturated heterocycles. The first kappa shape index (κ1) is 8.51. The van der Waals surface area contributed by atoms with Crippen LogP contribution >= 0.6 is 0 Å². The fourth-order valence-electron chi connectivity index (χ4n) is 1.46. The van der Waals surface area contributed by atoms with E-state index < -0.39 is 0 Å². The molecule has 0 aliphatic heterocycles. The van der Waals surface area contributed by atoms with Crippen molar-refractivity contribution in [2.75, 3.05) is 7.05 Å². The van der Waals surface area contributed by atoms with E-state index in [9.17, 15) is 0 Å². The van der Waals surface area contributed by atoms with Gasteiger partial charge >= 0.3 is 0 Å². The molecule has 1 heteroatoms. The molecule has 1 aliphatic carbocycles. The summed E-state index contributed by atoms with van der Waals surface area (Å²) in [4.78, 5) is 4.01. The van der Waals surface area contributed by atoms with E-state index in [-0.39, 0.29) is 0 Å². The second kappa shape index (κ2) is 3.70. The molecule has 11 heavy (non-hydrogen) atoms. The Labute approximate surface area is 69.2 Å². The maximum atomic E-state index is 4.01. The van der Waals surface area contributed by atoms with Crippen LogP contribution in [-0.2, 0) is 0 Å². The second-order valence-corrected chi connectivity index (χ2v) is 3.38. The van der Waals surface area contributed by atoms with Gasteiger partial charge in [0, 0.05) is 13.3 Å². The van der Waals surface area contributed by atoms with E-state index >= 15 is 0 Å². The molecule has 0 spiro atoms. The zero-order valence-corrected chi connectivity index (χ0v) is 7.72. The Bertz CT molecular complexity index is 185. The molecule has 0 amide bonds. The van der Waals surface area contributed by atoms with E-state index in [0.29, 0.717) is 0 Å². The van der Waals surface area contributed by atoms with E-state index in [1.165, 1.54) is 24.8 Å². The Morgan fingerprint density at radius 3 is 2.36 bits per heavy atom. The Kier molecular flexibility index (Phi) is 2.86. The quantitative estimate of drug-likeness (QED) is 0.538. The van der Waals surface area contributed by atoms with Gasteiger partial charge in [-0.15, -0.1) is 0 Å². The van der Waals surface area contributed by atoms with Crippen molar-refractivity contribution in [3.05, 3.63) is 11.1 Å². The molecule has 0 heterocycles. The Hall–Kier alpha value is -0.590. The fraction of sp³-hybridized carbons (Fsp3) is 0.700. The van der Waals surface area contributed by atoms with Crippen molar-refractivity contribution in [2.24, 2.45) is 10.9 Å². The first-order valence-electron chi connectivity index (χ1n) is 4.35. The summed E-state index contributed by atoms with van der Waals surface area (Å²) in [7, 11) is 1.83. The first-order chi connectivity index (χ1) is 5.25. The minimum absolute atomic E-state index is 0.869. The zero-order valence-electron chi connectivity index (χ0n) is 7.72. The van der Waals surface area contributed by atoms with Crippen LogP contribution in [0.15, 0.2) is 16.1 Å². The van der Waals surface area contributed by atoms with Crippen molar-refractivity contribution < 1.29 is 0 Å². The van der Waals surface area contributed by atoms with Gasteiger partial charge in [-0.1, -0.05) is 12.0 Å². The van der Waals surface area contributed by atoms with Crippen molar-refractivity contribution in [3.8, 4) is 0 Å². The van der Waals surface area contributed by atoms with Gasteiger partial charge in [0.1, 0.15) is 0 Å². The average Bonchev–Trinajstić information content (AvgIpc) is 1.84. The van der Waals surface area contributed by atoms with Gasteiger partial charge in [0.25, 0.3) is 0 Å². The number of nitrogens with zero attached hydrogens (tertiary/aromatic N) is 1. The minimum Gasteiger partial charge on any atom is -0.296 e. The van der Waals surface area contributed by atoms with Crippen LogP contribution in [0.5, 0.6) is 0 Å². The van der Waals surface area contributed by atoms with Crippen molar-refractivity contribution in [1.29, 1.82) is 0 Å². The number of rotatable bonds is 2. The topological polar surface area (TPSA) is 12.4 Å². The molecule has 1 fully saturated rings. The first-order valence-corrected chi connectivity index (χ1v) is 4.35. The van der Waals surface area contributed by atoms with Crippen molar-refractivity contribution in [3.63, 3.8) is 0 Å². The van der Waals surface area contributed by atoms with Gasteiger partial charge in [0.15, 0.2) is 0 Å². The molecule has 0 radical (unpaired) electrons. The summed E-state index contributed by atoms with van der Waals surface area (Å²) in [6, 6.07) is 0. The summed E-state index contributed by atoms with van der Waals surface area (Å²) in [6.07, 6.45) is 6.16. The standard InChI is InChI=1S/C10H17N/c1-8(7-11-3)9(2)10-5-4-6-10/h7,10H,4-6H2,1-3H3/b9-8+,11-7-. The maximum absolute atomic E-state index is 4.01. The largest absolute Gasteiger partial charge is 0.296 e. The molecule has 0 N–H and O–H groups in total. The number of aliphatic imine (C=N–C) groups is 1. The van der Waals surface area contributed by atoms with E-state index in [4.69, 9.17) is 0 Å². The molecule has 0 bridgehead atoms. The lowest BCUT2D eigenvalue weighted by Crippen LogP contribution is -2.13. The highest BCUT2D eigenvalue weighted by Crippen LogP contribution is 2.33. The Morgan fingerprint density at radius 1 is 1.36 bits per heavy atom. The minimum atomic E-state index is 0.869. The molecule has 0 atom stereocenters. The van der Waals surface area contributed by atoms with Crippen LogP contribution < -0.4 is 0 Å². The average molecular weight is 151 g/mol. The molecule has 1 aliphatic rings. The van der Waals surface area contributed by atoms with E-state index in [1.54, 1.807) is 5.57 Å².